The number of nitrogens with zero attached hydrogens (tertiary/aromatic N) is 3. The summed E-state index contributed by atoms with van der Waals surface area (Å²) in [5.41, 5.74) is 0.291. The summed E-state index contributed by atoms with van der Waals surface area (Å²) in [7, 11) is 3.45. The molecule has 112 valence electrons. The first-order valence-electron chi connectivity index (χ1n) is 7.11. The van der Waals surface area contributed by atoms with Crippen molar-refractivity contribution in [2.45, 2.75) is 31.3 Å². The highest BCUT2D eigenvalue weighted by atomic mass is 16.3. The molecule has 0 aliphatic carbocycles. The van der Waals surface area contributed by atoms with E-state index in [1.165, 1.54) is 5.56 Å². The SMILES string of the molecule is CN(C)C(=O)CC1(O)CCCN(CCc2cn[nH]c2)C1. The van der Waals surface area contributed by atoms with E-state index in [4.69, 9.17) is 0 Å². The average Bonchev–Trinajstić information content (AvgIpc) is 2.89. The van der Waals surface area contributed by atoms with Gasteiger partial charge in [-0.3, -0.25) is 9.89 Å². The lowest BCUT2D eigenvalue weighted by Gasteiger charge is -2.39. The van der Waals surface area contributed by atoms with E-state index in [-0.39, 0.29) is 12.3 Å². The maximum absolute atomic E-state index is 11.8. The van der Waals surface area contributed by atoms with Crippen LogP contribution in [0, 0.1) is 0 Å². The fourth-order valence-electron chi connectivity index (χ4n) is 2.68. The van der Waals surface area contributed by atoms with Gasteiger partial charge in [0, 0.05) is 33.4 Å². The molecule has 1 unspecified atom stereocenters. The van der Waals surface area contributed by atoms with Gasteiger partial charge in [0.25, 0.3) is 0 Å². The standard InChI is InChI=1S/C14H24N4O2/c1-17(2)13(19)8-14(20)5-3-6-18(11-14)7-4-12-9-15-16-10-12/h9-10,20H,3-8,11H2,1-2H3,(H,15,16). The van der Waals surface area contributed by atoms with Gasteiger partial charge in [-0.2, -0.15) is 5.10 Å². The van der Waals surface area contributed by atoms with Crippen LogP contribution in [0.2, 0.25) is 0 Å². The Hall–Kier alpha value is -1.40. The highest BCUT2D eigenvalue weighted by molar-refractivity contribution is 5.76. The number of nitrogens with one attached hydrogen (secondary N) is 1. The number of β-amino-alcohol motifs (C(OH)–C–C–N with tert-alkyl or cyclic N) is 1. The van der Waals surface area contributed by atoms with Crippen LogP contribution in [0.15, 0.2) is 12.4 Å². The van der Waals surface area contributed by atoms with Crippen LogP contribution in [0.5, 0.6) is 0 Å². The molecule has 6 heteroatoms. The Labute approximate surface area is 119 Å². The van der Waals surface area contributed by atoms with E-state index in [0.717, 1.165) is 25.9 Å². The van der Waals surface area contributed by atoms with Crippen LogP contribution in [0.25, 0.3) is 0 Å². The van der Waals surface area contributed by atoms with Gasteiger partial charge in [-0.15, -0.1) is 0 Å². The van der Waals surface area contributed by atoms with Crippen LogP contribution >= 0.6 is 0 Å². The van der Waals surface area contributed by atoms with E-state index in [2.05, 4.69) is 15.1 Å². The Morgan fingerprint density at radius 1 is 1.60 bits per heavy atom. The monoisotopic (exact) mass is 280 g/mol. The first-order valence-corrected chi connectivity index (χ1v) is 7.11. The Morgan fingerprint density at radius 2 is 2.40 bits per heavy atom. The predicted octanol–water partition coefficient (Wildman–Crippen LogP) is 0.257. The molecule has 1 fully saturated rings. The molecule has 1 aliphatic rings. The molecule has 2 heterocycles. The van der Waals surface area contributed by atoms with Crippen molar-refractivity contribution in [2.75, 3.05) is 33.7 Å². The van der Waals surface area contributed by atoms with Crippen molar-refractivity contribution in [1.82, 2.24) is 20.0 Å². The number of likely N-dealkylation sites (tertiary alicyclic amines) is 1. The number of aromatic nitrogens is 2. The summed E-state index contributed by atoms with van der Waals surface area (Å²) in [5, 5.41) is 17.3. The Balaban J connectivity index is 1.85. The second-order valence-corrected chi connectivity index (χ2v) is 5.93. The number of piperidine rings is 1. The third-order valence-corrected chi connectivity index (χ3v) is 3.89. The third-order valence-electron chi connectivity index (χ3n) is 3.89. The average molecular weight is 280 g/mol. The molecule has 6 nitrogen and oxygen atoms in total. The number of aromatic amines is 1. The van der Waals surface area contributed by atoms with Gasteiger partial charge >= 0.3 is 0 Å². The van der Waals surface area contributed by atoms with Gasteiger partial charge < -0.3 is 14.9 Å². The van der Waals surface area contributed by atoms with Gasteiger partial charge in [-0.25, -0.2) is 0 Å². The lowest BCUT2D eigenvalue weighted by molar-refractivity contribution is -0.136. The summed E-state index contributed by atoms with van der Waals surface area (Å²) in [6, 6.07) is 0. The van der Waals surface area contributed by atoms with Crippen molar-refractivity contribution in [1.29, 1.82) is 0 Å². The maximum atomic E-state index is 11.8. The van der Waals surface area contributed by atoms with E-state index in [0.29, 0.717) is 13.0 Å². The highest BCUT2D eigenvalue weighted by Gasteiger charge is 2.35. The minimum Gasteiger partial charge on any atom is -0.388 e. The number of aliphatic hydroxyl groups is 1. The Kier molecular flexibility index (Phi) is 4.77. The molecular weight excluding hydrogens is 256 g/mol. The quantitative estimate of drug-likeness (QED) is 0.811. The fourth-order valence-corrected chi connectivity index (χ4v) is 2.68. The molecule has 1 aromatic heterocycles. The number of carbonyl (C=O) groups excluding carboxylic acids is 1. The molecule has 1 aromatic rings. The molecule has 0 bridgehead atoms. The molecule has 1 amide bonds. The molecule has 2 N–H and O–H groups in total. The fraction of sp³-hybridized carbons (Fsp3) is 0.714. The predicted molar refractivity (Wildman–Crippen MR) is 76.2 cm³/mol. The van der Waals surface area contributed by atoms with Gasteiger partial charge in [0.1, 0.15) is 0 Å². The minimum absolute atomic E-state index is 0.0100. The minimum atomic E-state index is -0.879. The van der Waals surface area contributed by atoms with Crippen LogP contribution < -0.4 is 0 Å². The maximum Gasteiger partial charge on any atom is 0.224 e. The number of hydrogen-bond donors (Lipinski definition) is 2. The number of carbonyl (C=O) groups is 1. The summed E-state index contributed by atoms with van der Waals surface area (Å²) in [4.78, 5) is 15.6. The molecule has 0 saturated carbocycles. The lowest BCUT2D eigenvalue weighted by atomic mass is 9.89. The molecule has 0 aromatic carbocycles. The Bertz CT molecular complexity index is 432. The van der Waals surface area contributed by atoms with Gasteiger partial charge in [0.05, 0.1) is 18.2 Å². The van der Waals surface area contributed by atoms with Crippen LogP contribution in [-0.4, -0.2) is 70.3 Å². The topological polar surface area (TPSA) is 72.5 Å². The summed E-state index contributed by atoms with van der Waals surface area (Å²) in [6.07, 6.45) is 6.48. The molecule has 1 aliphatic heterocycles. The zero-order valence-electron chi connectivity index (χ0n) is 12.3. The first kappa shape index (κ1) is 15.0. The molecule has 2 rings (SSSR count). The van der Waals surface area contributed by atoms with E-state index in [1.54, 1.807) is 19.0 Å². The van der Waals surface area contributed by atoms with Crippen LogP contribution in [0.3, 0.4) is 0 Å². The summed E-state index contributed by atoms with van der Waals surface area (Å²) in [5.74, 6) is -0.0100. The van der Waals surface area contributed by atoms with Crippen molar-refractivity contribution in [2.24, 2.45) is 0 Å². The third kappa shape index (κ3) is 4.05. The van der Waals surface area contributed by atoms with Crippen molar-refractivity contribution >= 4 is 5.91 Å². The Morgan fingerprint density at radius 3 is 3.05 bits per heavy atom. The molecular formula is C14H24N4O2. The van der Waals surface area contributed by atoms with E-state index >= 15 is 0 Å². The molecule has 1 atom stereocenters. The van der Waals surface area contributed by atoms with E-state index < -0.39 is 5.60 Å². The smallest absolute Gasteiger partial charge is 0.224 e. The second kappa shape index (κ2) is 6.37. The number of rotatable bonds is 5. The normalized spacial score (nSPS) is 23.8. The summed E-state index contributed by atoms with van der Waals surface area (Å²) >= 11 is 0. The molecule has 20 heavy (non-hydrogen) atoms. The lowest BCUT2D eigenvalue weighted by Crippen LogP contribution is -2.50. The molecule has 0 spiro atoms. The largest absolute Gasteiger partial charge is 0.388 e. The molecule has 1 saturated heterocycles. The van der Waals surface area contributed by atoms with Gasteiger partial charge in [-0.05, 0) is 31.4 Å². The number of H-pyrrole nitrogens is 1. The van der Waals surface area contributed by atoms with Crippen molar-refractivity contribution in [3.05, 3.63) is 18.0 Å². The van der Waals surface area contributed by atoms with E-state index in [9.17, 15) is 9.90 Å². The number of hydrogen-bond acceptors (Lipinski definition) is 4. The van der Waals surface area contributed by atoms with Crippen LogP contribution in [0.4, 0.5) is 0 Å². The summed E-state index contributed by atoms with van der Waals surface area (Å²) in [6.45, 7) is 2.44. The van der Waals surface area contributed by atoms with Crippen molar-refractivity contribution < 1.29 is 9.90 Å². The molecule has 0 radical (unpaired) electrons. The van der Waals surface area contributed by atoms with Gasteiger partial charge in [0.2, 0.25) is 5.91 Å². The first-order chi connectivity index (χ1) is 9.48. The zero-order valence-corrected chi connectivity index (χ0v) is 12.3. The highest BCUT2D eigenvalue weighted by Crippen LogP contribution is 2.25. The van der Waals surface area contributed by atoms with Crippen molar-refractivity contribution in [3.8, 4) is 0 Å². The number of amides is 1. The van der Waals surface area contributed by atoms with Crippen LogP contribution in [-0.2, 0) is 11.2 Å². The second-order valence-electron chi connectivity index (χ2n) is 5.93. The summed E-state index contributed by atoms with van der Waals surface area (Å²) < 4.78 is 0. The van der Waals surface area contributed by atoms with Gasteiger partial charge in [-0.1, -0.05) is 0 Å². The zero-order chi connectivity index (χ0) is 14.6. The van der Waals surface area contributed by atoms with Crippen LogP contribution in [0.1, 0.15) is 24.8 Å². The van der Waals surface area contributed by atoms with E-state index in [1.807, 2.05) is 12.4 Å². The van der Waals surface area contributed by atoms with Crippen molar-refractivity contribution in [3.63, 3.8) is 0 Å². The van der Waals surface area contributed by atoms with Gasteiger partial charge in [0.15, 0.2) is 0 Å².